The maximum absolute atomic E-state index is 12.6. The zero-order valence-corrected chi connectivity index (χ0v) is 15.3. The Hall–Kier alpha value is -0.980. The van der Waals surface area contributed by atoms with Crippen LogP contribution in [0.15, 0.2) is 16.6 Å². The number of piperazine rings is 1. The van der Waals surface area contributed by atoms with Crippen molar-refractivity contribution in [3.63, 3.8) is 0 Å². The van der Waals surface area contributed by atoms with Crippen LogP contribution in [0.5, 0.6) is 5.75 Å². The molecule has 0 bridgehead atoms. The number of hydrogen-bond acceptors (Lipinski definition) is 3. The van der Waals surface area contributed by atoms with Crippen molar-refractivity contribution >= 4 is 50.9 Å². The van der Waals surface area contributed by atoms with Crippen LogP contribution in [0.25, 0.3) is 0 Å². The molecule has 1 atom stereocenters. The quantitative estimate of drug-likeness (QED) is 0.688. The maximum atomic E-state index is 12.6. The fourth-order valence-corrected chi connectivity index (χ4v) is 4.02. The average molecular weight is 422 g/mol. The lowest BCUT2D eigenvalue weighted by molar-refractivity contribution is -0.143. The molecule has 0 radical (unpaired) electrons. The van der Waals surface area contributed by atoms with E-state index in [-0.39, 0.29) is 17.7 Å². The van der Waals surface area contributed by atoms with Crippen LogP contribution in [0.2, 0.25) is 5.02 Å². The molecule has 1 aromatic rings. The molecular weight excluding hydrogens is 407 g/mol. The largest absolute Gasteiger partial charge is 0.479 e. The van der Waals surface area contributed by atoms with Gasteiger partial charge >= 0.3 is 0 Å². The summed E-state index contributed by atoms with van der Waals surface area (Å²) >= 11 is 15.0. The highest BCUT2D eigenvalue weighted by Gasteiger charge is 2.35. The van der Waals surface area contributed by atoms with Crippen molar-refractivity contribution in [3.05, 3.63) is 27.2 Å². The third kappa shape index (κ3) is 3.44. The minimum Gasteiger partial charge on any atom is -0.479 e. The van der Waals surface area contributed by atoms with E-state index in [1.807, 2.05) is 6.07 Å². The molecule has 0 unspecified atom stereocenters. The van der Waals surface area contributed by atoms with Gasteiger partial charge in [-0.2, -0.15) is 0 Å². The fourth-order valence-electron chi connectivity index (χ4n) is 2.88. The molecule has 124 valence electrons. The van der Waals surface area contributed by atoms with Gasteiger partial charge in [0.2, 0.25) is 5.91 Å². The normalized spacial score (nSPS) is 20.2. The van der Waals surface area contributed by atoms with E-state index in [0.717, 1.165) is 10.0 Å². The van der Waals surface area contributed by atoms with Crippen LogP contribution in [0.3, 0.4) is 0 Å². The number of benzene rings is 1. The Labute approximate surface area is 152 Å². The van der Waals surface area contributed by atoms with Crippen molar-refractivity contribution in [1.82, 2.24) is 9.80 Å². The van der Waals surface area contributed by atoms with Crippen LogP contribution < -0.4 is 4.74 Å². The van der Waals surface area contributed by atoms with E-state index in [4.69, 9.17) is 27.9 Å². The Morgan fingerprint density at radius 2 is 1.87 bits per heavy atom. The van der Waals surface area contributed by atoms with Crippen molar-refractivity contribution in [3.8, 4) is 5.75 Å². The summed E-state index contributed by atoms with van der Waals surface area (Å²) < 4.78 is 6.56. The molecule has 0 aromatic heterocycles. The molecular formula is C15H15BrCl2N2O3. The van der Waals surface area contributed by atoms with Crippen molar-refractivity contribution in [1.29, 1.82) is 0 Å². The van der Waals surface area contributed by atoms with Crippen molar-refractivity contribution < 1.29 is 14.3 Å². The van der Waals surface area contributed by atoms with Gasteiger partial charge < -0.3 is 14.5 Å². The summed E-state index contributed by atoms with van der Waals surface area (Å²) in [7, 11) is 0. The van der Waals surface area contributed by atoms with Gasteiger partial charge in [-0.3, -0.25) is 9.59 Å². The number of nitrogens with zero attached hydrogens (tertiary/aromatic N) is 2. The number of carbonyl (C=O) groups is 2. The fraction of sp³-hybridized carbons (Fsp3) is 0.467. The highest BCUT2D eigenvalue weighted by molar-refractivity contribution is 9.10. The molecule has 2 amide bonds. The summed E-state index contributed by atoms with van der Waals surface area (Å²) in [4.78, 5) is 27.6. The molecule has 1 saturated heterocycles. The first-order valence-electron chi connectivity index (χ1n) is 7.26. The van der Waals surface area contributed by atoms with Gasteiger partial charge in [0.05, 0.1) is 4.47 Å². The molecule has 2 aliphatic heterocycles. The molecule has 0 aliphatic carbocycles. The lowest BCUT2D eigenvalue weighted by atomic mass is 10.1. The first-order valence-corrected chi connectivity index (χ1v) is 8.97. The van der Waals surface area contributed by atoms with Crippen LogP contribution in [-0.2, 0) is 16.0 Å². The Morgan fingerprint density at radius 3 is 2.52 bits per heavy atom. The van der Waals surface area contributed by atoms with E-state index >= 15 is 0 Å². The van der Waals surface area contributed by atoms with Gasteiger partial charge in [-0.05, 0) is 28.1 Å². The Kier molecular flexibility index (Phi) is 5.04. The number of carbonyl (C=O) groups excluding carboxylic acids is 2. The van der Waals surface area contributed by atoms with Crippen molar-refractivity contribution in [2.45, 2.75) is 12.5 Å². The second-order valence-corrected chi connectivity index (χ2v) is 7.08. The standard InChI is InChI=1S/C15H15BrCl2N2O3/c16-11-7-10(18)5-9-6-12(23-14(9)11)15(22)20-3-1-19(2-4-20)13(21)8-17/h5,7,12H,1-4,6,8H2/t12-/m1/s1. The minimum atomic E-state index is -0.532. The van der Waals surface area contributed by atoms with Gasteiger partial charge in [0.15, 0.2) is 6.10 Å². The maximum Gasteiger partial charge on any atom is 0.264 e. The topological polar surface area (TPSA) is 49.9 Å². The molecule has 2 aliphatic rings. The summed E-state index contributed by atoms with van der Waals surface area (Å²) in [6.07, 6.45) is -0.0243. The van der Waals surface area contributed by atoms with Crippen LogP contribution in [0, 0.1) is 0 Å². The number of fused-ring (bicyclic) bond motifs is 1. The van der Waals surface area contributed by atoms with E-state index < -0.39 is 6.10 Å². The lowest BCUT2D eigenvalue weighted by Crippen LogP contribution is -2.53. The smallest absolute Gasteiger partial charge is 0.264 e. The average Bonchev–Trinajstić information content (AvgIpc) is 2.98. The van der Waals surface area contributed by atoms with Gasteiger partial charge in [-0.25, -0.2) is 0 Å². The third-order valence-electron chi connectivity index (χ3n) is 4.08. The SMILES string of the molecule is O=C(CCl)N1CCN(C(=O)[C@H]2Cc3cc(Cl)cc(Br)c3O2)CC1. The van der Waals surface area contributed by atoms with E-state index in [0.29, 0.717) is 43.4 Å². The van der Waals surface area contributed by atoms with E-state index in [9.17, 15) is 9.59 Å². The van der Waals surface area contributed by atoms with Crippen molar-refractivity contribution in [2.24, 2.45) is 0 Å². The van der Waals surface area contributed by atoms with Crippen LogP contribution in [0.1, 0.15) is 5.56 Å². The minimum absolute atomic E-state index is 0.0240. The van der Waals surface area contributed by atoms with Crippen LogP contribution in [0.4, 0.5) is 0 Å². The number of halogens is 3. The Bertz CT molecular complexity index is 648. The first-order chi connectivity index (χ1) is 11.0. The highest BCUT2D eigenvalue weighted by Crippen LogP contribution is 2.38. The summed E-state index contributed by atoms with van der Waals surface area (Å²) in [6.45, 7) is 2.01. The number of hydrogen-bond donors (Lipinski definition) is 0. The van der Waals surface area contributed by atoms with E-state index in [2.05, 4.69) is 15.9 Å². The second-order valence-electron chi connectivity index (χ2n) is 5.53. The molecule has 23 heavy (non-hydrogen) atoms. The van der Waals surface area contributed by atoms with E-state index in [1.54, 1.807) is 15.9 Å². The highest BCUT2D eigenvalue weighted by atomic mass is 79.9. The number of ether oxygens (including phenoxy) is 1. The van der Waals surface area contributed by atoms with Gasteiger partial charge in [-0.15, -0.1) is 11.6 Å². The predicted octanol–water partition coefficient (Wildman–Crippen LogP) is 2.32. The van der Waals surface area contributed by atoms with Crippen molar-refractivity contribution in [2.75, 3.05) is 32.1 Å². The summed E-state index contributed by atoms with van der Waals surface area (Å²) in [6, 6.07) is 3.58. The Balaban J connectivity index is 1.63. The monoisotopic (exact) mass is 420 g/mol. The third-order valence-corrected chi connectivity index (χ3v) is 5.12. The van der Waals surface area contributed by atoms with Gasteiger partial charge in [0.25, 0.3) is 5.91 Å². The lowest BCUT2D eigenvalue weighted by Gasteiger charge is -2.35. The number of amides is 2. The molecule has 3 rings (SSSR count). The summed E-state index contributed by atoms with van der Waals surface area (Å²) in [5.41, 5.74) is 0.929. The van der Waals surface area contributed by atoms with Gasteiger partial charge in [0.1, 0.15) is 11.6 Å². The second kappa shape index (κ2) is 6.87. The summed E-state index contributed by atoms with van der Waals surface area (Å²) in [5.74, 6) is 0.511. The van der Waals surface area contributed by atoms with Gasteiger partial charge in [-0.1, -0.05) is 11.6 Å². The molecule has 8 heteroatoms. The van der Waals surface area contributed by atoms with E-state index in [1.165, 1.54) is 0 Å². The molecule has 0 N–H and O–H groups in total. The molecule has 0 spiro atoms. The molecule has 5 nitrogen and oxygen atoms in total. The molecule has 2 heterocycles. The van der Waals surface area contributed by atoms with Crippen LogP contribution in [-0.4, -0.2) is 59.8 Å². The molecule has 1 fully saturated rings. The molecule has 1 aromatic carbocycles. The zero-order valence-electron chi connectivity index (χ0n) is 12.2. The van der Waals surface area contributed by atoms with Crippen LogP contribution >= 0.6 is 39.1 Å². The Morgan fingerprint density at radius 1 is 1.22 bits per heavy atom. The first kappa shape index (κ1) is 16.9. The zero-order chi connectivity index (χ0) is 16.6. The van der Waals surface area contributed by atoms with Gasteiger partial charge in [0, 0.05) is 43.2 Å². The summed E-state index contributed by atoms with van der Waals surface area (Å²) in [5, 5.41) is 0.612. The molecule has 0 saturated carbocycles. The predicted molar refractivity (Wildman–Crippen MR) is 91.2 cm³/mol. The number of alkyl halides is 1. The number of rotatable bonds is 2.